The van der Waals surface area contributed by atoms with Crippen LogP contribution in [0.4, 0.5) is 5.82 Å². The highest BCUT2D eigenvalue weighted by Gasteiger charge is 2.29. The monoisotopic (exact) mass is 260 g/mol. The molecule has 3 rings (SSSR count). The van der Waals surface area contributed by atoms with Crippen LogP contribution in [0.25, 0.3) is 0 Å². The van der Waals surface area contributed by atoms with Gasteiger partial charge in [-0.15, -0.1) is 0 Å². The summed E-state index contributed by atoms with van der Waals surface area (Å²) in [5.41, 5.74) is 1.05. The lowest BCUT2D eigenvalue weighted by atomic mass is 10.3. The van der Waals surface area contributed by atoms with E-state index in [-0.39, 0.29) is 0 Å². The lowest BCUT2D eigenvalue weighted by molar-refractivity contribution is 0.660. The van der Waals surface area contributed by atoms with E-state index in [0.29, 0.717) is 0 Å². The molecule has 0 aromatic carbocycles. The quantitative estimate of drug-likeness (QED) is 0.778. The number of nitrogens with zero attached hydrogens (tertiary/aromatic N) is 3. The number of rotatable bonds is 8. The summed E-state index contributed by atoms with van der Waals surface area (Å²) in [6.07, 6.45) is 9.38. The first-order chi connectivity index (χ1) is 9.35. The first-order valence-electron chi connectivity index (χ1n) is 7.61. The Bertz CT molecular complexity index is 398. The highest BCUT2D eigenvalue weighted by atomic mass is 15.2. The second-order valence-electron chi connectivity index (χ2n) is 5.94. The van der Waals surface area contributed by atoms with E-state index in [0.717, 1.165) is 36.4 Å². The van der Waals surface area contributed by atoms with Crippen LogP contribution >= 0.6 is 0 Å². The Balaban J connectivity index is 1.67. The Hall–Kier alpha value is -1.16. The van der Waals surface area contributed by atoms with Crippen LogP contribution in [0.5, 0.6) is 0 Å². The molecule has 4 heteroatoms. The molecule has 0 saturated heterocycles. The zero-order valence-corrected chi connectivity index (χ0v) is 11.8. The molecule has 0 bridgehead atoms. The van der Waals surface area contributed by atoms with Crippen molar-refractivity contribution in [2.45, 2.75) is 39.2 Å². The van der Waals surface area contributed by atoms with E-state index >= 15 is 0 Å². The lowest BCUT2D eigenvalue weighted by Gasteiger charge is -2.23. The summed E-state index contributed by atoms with van der Waals surface area (Å²) in [6, 6.07) is 0. The van der Waals surface area contributed by atoms with Gasteiger partial charge in [0.05, 0.1) is 11.9 Å². The molecule has 1 aromatic heterocycles. The molecule has 2 saturated carbocycles. The van der Waals surface area contributed by atoms with Crippen LogP contribution in [0.2, 0.25) is 0 Å². The van der Waals surface area contributed by atoms with Gasteiger partial charge in [-0.2, -0.15) is 0 Å². The number of hydrogen-bond donors (Lipinski definition) is 1. The van der Waals surface area contributed by atoms with Crippen molar-refractivity contribution in [1.29, 1.82) is 0 Å². The summed E-state index contributed by atoms with van der Waals surface area (Å²) < 4.78 is 0. The molecule has 0 atom stereocenters. The first kappa shape index (κ1) is 12.9. The molecular formula is C15H24N4. The molecular weight excluding hydrogens is 236 g/mol. The van der Waals surface area contributed by atoms with Gasteiger partial charge in [-0.3, -0.25) is 4.98 Å². The average molecular weight is 260 g/mol. The lowest BCUT2D eigenvalue weighted by Crippen LogP contribution is -2.29. The minimum Gasteiger partial charge on any atom is -0.355 e. The second-order valence-corrected chi connectivity index (χ2v) is 5.94. The maximum absolute atomic E-state index is 4.77. The summed E-state index contributed by atoms with van der Waals surface area (Å²) in [5, 5.41) is 3.32. The van der Waals surface area contributed by atoms with Crippen molar-refractivity contribution in [2.75, 3.05) is 24.5 Å². The topological polar surface area (TPSA) is 41.1 Å². The Labute approximate surface area is 115 Å². The van der Waals surface area contributed by atoms with Crippen LogP contribution in [0.1, 0.15) is 38.3 Å². The molecule has 104 valence electrons. The number of nitrogens with one attached hydrogen (secondary N) is 1. The largest absolute Gasteiger partial charge is 0.355 e. The van der Waals surface area contributed by atoms with Gasteiger partial charge in [-0.1, -0.05) is 6.92 Å². The van der Waals surface area contributed by atoms with E-state index in [9.17, 15) is 0 Å². The van der Waals surface area contributed by atoms with E-state index in [4.69, 9.17) is 4.98 Å². The zero-order chi connectivity index (χ0) is 13.1. The molecule has 1 N–H and O–H groups in total. The maximum atomic E-state index is 4.77. The van der Waals surface area contributed by atoms with Crippen molar-refractivity contribution in [3.8, 4) is 0 Å². The minimum atomic E-state index is 0.817. The summed E-state index contributed by atoms with van der Waals surface area (Å²) in [6.45, 7) is 6.26. The van der Waals surface area contributed by atoms with Crippen molar-refractivity contribution in [3.05, 3.63) is 18.1 Å². The molecule has 2 aliphatic carbocycles. The molecule has 4 nitrogen and oxygen atoms in total. The van der Waals surface area contributed by atoms with E-state index in [1.54, 1.807) is 0 Å². The molecule has 1 aromatic rings. The van der Waals surface area contributed by atoms with Gasteiger partial charge >= 0.3 is 0 Å². The first-order valence-corrected chi connectivity index (χ1v) is 7.61. The van der Waals surface area contributed by atoms with Gasteiger partial charge < -0.3 is 10.2 Å². The summed E-state index contributed by atoms with van der Waals surface area (Å²) >= 11 is 0. The number of hydrogen-bond acceptors (Lipinski definition) is 4. The van der Waals surface area contributed by atoms with Crippen molar-refractivity contribution in [3.63, 3.8) is 0 Å². The zero-order valence-electron chi connectivity index (χ0n) is 11.8. The Morgan fingerprint density at radius 2 is 1.84 bits per heavy atom. The third kappa shape index (κ3) is 3.90. The molecule has 1 heterocycles. The fourth-order valence-electron chi connectivity index (χ4n) is 2.37. The van der Waals surface area contributed by atoms with Crippen LogP contribution in [0, 0.1) is 11.8 Å². The molecule has 0 amide bonds. The molecule has 0 spiro atoms. The smallest absolute Gasteiger partial charge is 0.147 e. The minimum absolute atomic E-state index is 0.817. The third-order valence-electron chi connectivity index (χ3n) is 3.90. The van der Waals surface area contributed by atoms with Gasteiger partial charge in [0.2, 0.25) is 0 Å². The van der Waals surface area contributed by atoms with E-state index in [2.05, 4.69) is 22.1 Å². The van der Waals surface area contributed by atoms with Crippen LogP contribution in [0.15, 0.2) is 12.4 Å². The van der Waals surface area contributed by atoms with Gasteiger partial charge in [-0.05, 0) is 44.1 Å². The fourth-order valence-corrected chi connectivity index (χ4v) is 2.37. The third-order valence-corrected chi connectivity index (χ3v) is 3.90. The number of anilines is 1. The average Bonchev–Trinajstić information content (AvgIpc) is 3.31. The Morgan fingerprint density at radius 1 is 1.16 bits per heavy atom. The van der Waals surface area contributed by atoms with Crippen molar-refractivity contribution >= 4 is 5.82 Å². The maximum Gasteiger partial charge on any atom is 0.147 e. The summed E-state index contributed by atoms with van der Waals surface area (Å²) in [7, 11) is 0. The Morgan fingerprint density at radius 3 is 2.42 bits per heavy atom. The van der Waals surface area contributed by atoms with E-state index in [1.807, 2.05) is 12.4 Å². The highest BCUT2D eigenvalue weighted by molar-refractivity contribution is 5.37. The molecule has 0 aliphatic heterocycles. The molecule has 19 heavy (non-hydrogen) atoms. The van der Waals surface area contributed by atoms with Gasteiger partial charge in [0.15, 0.2) is 0 Å². The van der Waals surface area contributed by atoms with Crippen LogP contribution in [-0.4, -0.2) is 29.6 Å². The molecule has 0 radical (unpaired) electrons. The second kappa shape index (κ2) is 5.87. The van der Waals surface area contributed by atoms with Gasteiger partial charge in [0, 0.05) is 25.8 Å². The molecule has 2 fully saturated rings. The van der Waals surface area contributed by atoms with Crippen LogP contribution in [0.3, 0.4) is 0 Å². The van der Waals surface area contributed by atoms with Gasteiger partial charge in [-0.25, -0.2) is 4.98 Å². The van der Waals surface area contributed by atoms with Gasteiger partial charge in [0.1, 0.15) is 5.82 Å². The molecule has 2 aliphatic rings. The normalized spacial score (nSPS) is 18.6. The van der Waals surface area contributed by atoms with E-state index < -0.39 is 0 Å². The van der Waals surface area contributed by atoms with Crippen LogP contribution in [-0.2, 0) is 6.54 Å². The van der Waals surface area contributed by atoms with Crippen LogP contribution < -0.4 is 10.2 Å². The SMILES string of the molecule is CCNCc1cncc(N(CC2CC2)CC2CC2)n1. The van der Waals surface area contributed by atoms with Gasteiger partial charge in [0.25, 0.3) is 0 Å². The predicted molar refractivity (Wildman–Crippen MR) is 77.1 cm³/mol. The Kier molecular flexibility index (Phi) is 3.97. The highest BCUT2D eigenvalue weighted by Crippen LogP contribution is 2.35. The summed E-state index contributed by atoms with van der Waals surface area (Å²) in [4.78, 5) is 11.6. The molecule has 0 unspecified atom stereocenters. The van der Waals surface area contributed by atoms with Crippen molar-refractivity contribution in [1.82, 2.24) is 15.3 Å². The van der Waals surface area contributed by atoms with Crippen molar-refractivity contribution < 1.29 is 0 Å². The predicted octanol–water partition coefficient (Wildman–Crippen LogP) is 2.21. The number of aromatic nitrogens is 2. The van der Waals surface area contributed by atoms with Crippen molar-refractivity contribution in [2.24, 2.45) is 11.8 Å². The van der Waals surface area contributed by atoms with E-state index in [1.165, 1.54) is 38.8 Å². The fraction of sp³-hybridized carbons (Fsp3) is 0.733. The summed E-state index contributed by atoms with van der Waals surface area (Å²) in [5.74, 6) is 2.88. The standard InChI is InChI=1S/C15H24N4/c1-2-16-7-14-8-17-9-15(18-14)19(10-12-3-4-12)11-13-5-6-13/h8-9,12-13,16H,2-7,10-11H2,1H3.